The summed E-state index contributed by atoms with van der Waals surface area (Å²) in [6.07, 6.45) is 6.67. The maximum atomic E-state index is 15.3. The number of nitriles is 1. The van der Waals surface area contributed by atoms with Gasteiger partial charge in [0.25, 0.3) is 0 Å². The van der Waals surface area contributed by atoms with Crippen LogP contribution in [0, 0.1) is 24.1 Å². The number of hydrogen-bond acceptors (Lipinski definition) is 6. The second-order valence-electron chi connectivity index (χ2n) is 7.82. The van der Waals surface area contributed by atoms with E-state index in [-0.39, 0.29) is 12.4 Å². The molecule has 4 aromatic heterocycles. The zero-order chi connectivity index (χ0) is 23.5. The molecule has 0 fully saturated rings. The van der Waals surface area contributed by atoms with E-state index in [1.807, 2.05) is 49.4 Å². The molecule has 0 atom stereocenters. The van der Waals surface area contributed by atoms with E-state index < -0.39 is 5.82 Å². The summed E-state index contributed by atoms with van der Waals surface area (Å²) in [6, 6.07) is 18.7. The number of fused-ring (bicyclic) bond motifs is 1. The zero-order valence-electron chi connectivity index (χ0n) is 18.3. The number of benzene rings is 1. The molecule has 0 aliphatic carbocycles. The first-order chi connectivity index (χ1) is 16.6. The molecule has 5 aromatic rings. The van der Waals surface area contributed by atoms with Crippen LogP contribution in [0.1, 0.15) is 16.8 Å². The van der Waals surface area contributed by atoms with Gasteiger partial charge in [-0.3, -0.25) is 15.0 Å². The molecule has 0 aliphatic heterocycles. The summed E-state index contributed by atoms with van der Waals surface area (Å²) in [7, 11) is 0. The first kappa shape index (κ1) is 21.2. The van der Waals surface area contributed by atoms with Crippen LogP contribution in [0.25, 0.3) is 33.3 Å². The first-order valence-corrected chi connectivity index (χ1v) is 10.7. The summed E-state index contributed by atoms with van der Waals surface area (Å²) < 4.78 is 15.3. The number of anilines is 1. The summed E-state index contributed by atoms with van der Waals surface area (Å²) in [4.78, 5) is 17.1. The van der Waals surface area contributed by atoms with Gasteiger partial charge in [0.15, 0.2) is 11.6 Å². The van der Waals surface area contributed by atoms with Gasteiger partial charge >= 0.3 is 0 Å². The lowest BCUT2D eigenvalue weighted by Gasteiger charge is -2.11. The fraction of sp³-hybridized carbons (Fsp3) is 0.0741. The summed E-state index contributed by atoms with van der Waals surface area (Å²) in [5.41, 5.74) is 5.49. The number of nitrogens with zero attached hydrogens (tertiary/aromatic N) is 5. The molecule has 6 nitrogen and oxygen atoms in total. The van der Waals surface area contributed by atoms with Crippen LogP contribution in [0.4, 0.5) is 10.2 Å². The molecule has 7 heteroatoms. The summed E-state index contributed by atoms with van der Waals surface area (Å²) >= 11 is 0. The Hall–Kier alpha value is -4.70. The highest BCUT2D eigenvalue weighted by Crippen LogP contribution is 2.29. The van der Waals surface area contributed by atoms with Gasteiger partial charge in [-0.05, 0) is 60.5 Å². The Labute approximate surface area is 195 Å². The molecule has 0 aliphatic rings. The third kappa shape index (κ3) is 4.17. The molecular formula is C27H19FN6. The summed E-state index contributed by atoms with van der Waals surface area (Å²) in [5, 5.41) is 13.6. The average Bonchev–Trinajstić information content (AvgIpc) is 2.87. The van der Waals surface area contributed by atoms with Crippen molar-refractivity contribution in [1.82, 2.24) is 19.9 Å². The monoisotopic (exact) mass is 446 g/mol. The maximum Gasteiger partial charge on any atom is 0.173 e. The van der Waals surface area contributed by atoms with Crippen molar-refractivity contribution in [2.45, 2.75) is 13.5 Å². The Morgan fingerprint density at radius 1 is 0.912 bits per heavy atom. The van der Waals surface area contributed by atoms with E-state index in [0.29, 0.717) is 16.8 Å². The first-order valence-electron chi connectivity index (χ1n) is 10.7. The van der Waals surface area contributed by atoms with Crippen molar-refractivity contribution < 1.29 is 4.39 Å². The van der Waals surface area contributed by atoms with Gasteiger partial charge in [0.1, 0.15) is 6.07 Å². The van der Waals surface area contributed by atoms with Crippen molar-refractivity contribution in [2.24, 2.45) is 0 Å². The third-order valence-electron chi connectivity index (χ3n) is 5.50. The van der Waals surface area contributed by atoms with Crippen LogP contribution < -0.4 is 5.32 Å². The molecule has 1 N–H and O–H groups in total. The number of aryl methyl sites for hydroxylation is 1. The number of halogens is 1. The molecule has 0 saturated carbocycles. The zero-order valence-corrected chi connectivity index (χ0v) is 18.3. The van der Waals surface area contributed by atoms with E-state index in [2.05, 4.69) is 31.3 Å². The van der Waals surface area contributed by atoms with E-state index in [1.54, 1.807) is 36.9 Å². The molecule has 0 spiro atoms. The van der Waals surface area contributed by atoms with Crippen molar-refractivity contribution in [3.05, 3.63) is 102 Å². The molecular weight excluding hydrogens is 427 g/mol. The number of nitrogens with one attached hydrogen (secondary N) is 1. The van der Waals surface area contributed by atoms with Gasteiger partial charge in [-0.25, -0.2) is 9.37 Å². The lowest BCUT2D eigenvalue weighted by atomic mass is 10.0. The largest absolute Gasteiger partial charge is 0.363 e. The molecule has 34 heavy (non-hydrogen) atoms. The summed E-state index contributed by atoms with van der Waals surface area (Å²) in [6.45, 7) is 2.16. The van der Waals surface area contributed by atoms with Gasteiger partial charge in [-0.15, -0.1) is 0 Å². The van der Waals surface area contributed by atoms with Crippen molar-refractivity contribution in [3.63, 3.8) is 0 Å². The lowest BCUT2D eigenvalue weighted by Crippen LogP contribution is -2.06. The lowest BCUT2D eigenvalue weighted by molar-refractivity contribution is 0.628. The third-order valence-corrected chi connectivity index (χ3v) is 5.50. The Balaban J connectivity index is 1.40. The van der Waals surface area contributed by atoms with Crippen LogP contribution in [-0.4, -0.2) is 19.9 Å². The van der Waals surface area contributed by atoms with Gasteiger partial charge in [0, 0.05) is 53.5 Å². The van der Waals surface area contributed by atoms with Gasteiger partial charge in [0.2, 0.25) is 0 Å². The van der Waals surface area contributed by atoms with Crippen molar-refractivity contribution in [1.29, 1.82) is 5.26 Å². The quantitative estimate of drug-likeness (QED) is 0.373. The van der Waals surface area contributed by atoms with Crippen molar-refractivity contribution >= 4 is 16.7 Å². The molecule has 1 aromatic carbocycles. The topological polar surface area (TPSA) is 87.4 Å². The number of rotatable bonds is 5. The molecule has 0 radical (unpaired) electrons. The Morgan fingerprint density at radius 3 is 2.65 bits per heavy atom. The highest BCUT2D eigenvalue weighted by atomic mass is 19.1. The molecule has 0 unspecified atom stereocenters. The molecule has 0 saturated heterocycles. The number of pyridine rings is 4. The molecule has 164 valence electrons. The predicted octanol–water partition coefficient (Wildman–Crippen LogP) is 5.69. The van der Waals surface area contributed by atoms with E-state index in [4.69, 9.17) is 0 Å². The smallest absolute Gasteiger partial charge is 0.173 e. The van der Waals surface area contributed by atoms with Crippen molar-refractivity contribution in [3.8, 4) is 28.5 Å². The van der Waals surface area contributed by atoms with Crippen LogP contribution in [0.5, 0.6) is 0 Å². The van der Waals surface area contributed by atoms with Crippen LogP contribution in [-0.2, 0) is 6.54 Å². The highest BCUT2D eigenvalue weighted by Gasteiger charge is 2.13. The maximum absolute atomic E-state index is 15.3. The van der Waals surface area contributed by atoms with E-state index in [9.17, 15) is 5.26 Å². The SMILES string of the molecule is Cc1cc(-c2ncc(CNc3nccc(-c4ccc5ncccc5c4)c3F)cc2C#N)ccn1. The van der Waals surface area contributed by atoms with Gasteiger partial charge in [-0.2, -0.15) is 5.26 Å². The normalized spacial score (nSPS) is 10.7. The summed E-state index contributed by atoms with van der Waals surface area (Å²) in [5.74, 6) is -0.306. The fourth-order valence-corrected chi connectivity index (χ4v) is 3.83. The average molecular weight is 446 g/mol. The molecule has 4 heterocycles. The second-order valence-corrected chi connectivity index (χ2v) is 7.82. The van der Waals surface area contributed by atoms with Crippen LogP contribution in [0.3, 0.4) is 0 Å². The highest BCUT2D eigenvalue weighted by molar-refractivity contribution is 5.84. The van der Waals surface area contributed by atoms with Crippen LogP contribution in [0.15, 0.2) is 79.4 Å². The van der Waals surface area contributed by atoms with E-state index >= 15 is 4.39 Å². The Morgan fingerprint density at radius 2 is 1.79 bits per heavy atom. The predicted molar refractivity (Wildman–Crippen MR) is 129 cm³/mol. The standard InChI is InChI=1S/C27H19FN6/c1-17-11-21(6-9-30-17)26-22(14-29)12-18(15-33-26)16-34-27-25(28)23(7-10-32-27)19-4-5-24-20(13-19)3-2-8-31-24/h2-13,15H,16H2,1H3,(H,32,34). The van der Waals surface area contributed by atoms with E-state index in [0.717, 1.165) is 33.3 Å². The minimum absolute atomic E-state index is 0.135. The minimum Gasteiger partial charge on any atom is -0.363 e. The second kappa shape index (κ2) is 9.04. The van der Waals surface area contributed by atoms with Crippen molar-refractivity contribution in [2.75, 3.05) is 5.32 Å². The Kier molecular flexibility index (Phi) is 5.63. The van der Waals surface area contributed by atoms with Crippen LogP contribution >= 0.6 is 0 Å². The molecule has 0 bridgehead atoms. The van der Waals surface area contributed by atoms with E-state index in [1.165, 1.54) is 0 Å². The van der Waals surface area contributed by atoms with Crippen LogP contribution in [0.2, 0.25) is 0 Å². The number of aromatic nitrogens is 4. The van der Waals surface area contributed by atoms with Gasteiger partial charge < -0.3 is 5.32 Å². The van der Waals surface area contributed by atoms with Gasteiger partial charge in [0.05, 0.1) is 16.8 Å². The molecule has 5 rings (SSSR count). The molecule has 0 amide bonds. The fourth-order valence-electron chi connectivity index (χ4n) is 3.83. The van der Waals surface area contributed by atoms with Gasteiger partial charge in [-0.1, -0.05) is 12.1 Å². The number of hydrogen-bond donors (Lipinski definition) is 1. The minimum atomic E-state index is -0.442. The Bertz CT molecular complexity index is 1560.